The summed E-state index contributed by atoms with van der Waals surface area (Å²) in [5.41, 5.74) is 0. The van der Waals surface area contributed by atoms with Gasteiger partial charge in [0.1, 0.15) is 5.78 Å². The van der Waals surface area contributed by atoms with Crippen molar-refractivity contribution in [2.45, 2.75) is 76.3 Å². The Balaban J connectivity index is 1.63. The van der Waals surface area contributed by atoms with Crippen LogP contribution in [0.3, 0.4) is 0 Å². The topological polar surface area (TPSA) is 20.3 Å². The zero-order chi connectivity index (χ0) is 11.7. The molecule has 2 bridgehead atoms. The number of hydrogen-bond donors (Lipinski definition) is 0. The third kappa shape index (κ3) is 2.57. The van der Waals surface area contributed by atoms with Crippen molar-refractivity contribution in [1.29, 1.82) is 0 Å². The van der Waals surface area contributed by atoms with E-state index in [1.807, 2.05) is 0 Å². The van der Waals surface area contributed by atoms with Crippen molar-refractivity contribution < 1.29 is 4.79 Å². The first-order valence-electron chi connectivity index (χ1n) is 7.60. The second-order valence-corrected chi connectivity index (χ2v) is 6.39. The van der Waals surface area contributed by atoms with Gasteiger partial charge in [-0.05, 0) is 31.6 Å². The van der Waals surface area contributed by atoms with E-state index in [-0.39, 0.29) is 0 Å². The smallest absolute Gasteiger partial charge is 0.136 e. The summed E-state index contributed by atoms with van der Waals surface area (Å²) in [4.78, 5) is 14.4. The number of Topliss-reactive ketones (excluding diaryl/α,β-unsaturated/α-hetero) is 1. The van der Waals surface area contributed by atoms with Crippen LogP contribution in [0.1, 0.15) is 64.2 Å². The summed E-state index contributed by atoms with van der Waals surface area (Å²) < 4.78 is 0. The molecule has 0 aromatic rings. The molecule has 2 nitrogen and oxygen atoms in total. The molecule has 17 heavy (non-hydrogen) atoms. The Morgan fingerprint density at radius 1 is 0.882 bits per heavy atom. The van der Waals surface area contributed by atoms with Crippen LogP contribution in [-0.2, 0) is 4.79 Å². The van der Waals surface area contributed by atoms with Gasteiger partial charge in [0.05, 0.1) is 0 Å². The molecule has 2 saturated heterocycles. The van der Waals surface area contributed by atoms with E-state index in [0.29, 0.717) is 17.9 Å². The Bertz CT molecular complexity index is 267. The normalized spacial score (nSPS) is 36.1. The van der Waals surface area contributed by atoms with E-state index in [4.69, 9.17) is 0 Å². The number of ketones is 1. The molecule has 0 radical (unpaired) electrons. The van der Waals surface area contributed by atoms with Gasteiger partial charge in [-0.25, -0.2) is 0 Å². The van der Waals surface area contributed by atoms with Crippen LogP contribution in [0, 0.1) is 5.92 Å². The molecule has 96 valence electrons. The molecule has 2 aliphatic heterocycles. The molecule has 0 spiro atoms. The summed E-state index contributed by atoms with van der Waals surface area (Å²) in [6.45, 7) is 1.29. The summed E-state index contributed by atoms with van der Waals surface area (Å²) in [6.07, 6.45) is 12.8. The molecule has 0 aromatic carbocycles. The van der Waals surface area contributed by atoms with Crippen molar-refractivity contribution >= 4 is 5.78 Å². The fraction of sp³-hybridized carbons (Fsp3) is 0.933. The van der Waals surface area contributed by atoms with Gasteiger partial charge >= 0.3 is 0 Å². The number of carbonyl (C=O) groups excluding carboxylic acids is 1. The highest BCUT2D eigenvalue weighted by Crippen LogP contribution is 2.35. The van der Waals surface area contributed by atoms with E-state index < -0.39 is 0 Å². The van der Waals surface area contributed by atoms with Crippen LogP contribution in [0.15, 0.2) is 0 Å². The van der Waals surface area contributed by atoms with Gasteiger partial charge in [0.15, 0.2) is 0 Å². The fourth-order valence-electron chi connectivity index (χ4n) is 4.23. The Hall–Kier alpha value is -0.370. The number of fused-ring (bicyclic) bond motifs is 2. The van der Waals surface area contributed by atoms with Crippen molar-refractivity contribution in [2.24, 2.45) is 5.92 Å². The zero-order valence-corrected chi connectivity index (χ0v) is 10.9. The van der Waals surface area contributed by atoms with E-state index in [9.17, 15) is 4.79 Å². The number of hydrogen-bond acceptors (Lipinski definition) is 2. The molecule has 0 amide bonds. The minimum Gasteiger partial charge on any atom is -0.300 e. The minimum atomic E-state index is 0.527. The van der Waals surface area contributed by atoms with Crippen LogP contribution in [0.5, 0.6) is 0 Å². The molecular weight excluding hydrogens is 210 g/mol. The van der Waals surface area contributed by atoms with E-state index >= 15 is 0 Å². The summed E-state index contributed by atoms with van der Waals surface area (Å²) in [7, 11) is 0. The third-order valence-corrected chi connectivity index (χ3v) is 5.13. The molecule has 2 heteroatoms. The number of nitrogens with zero attached hydrogens (tertiary/aromatic N) is 1. The first-order chi connectivity index (χ1) is 8.33. The van der Waals surface area contributed by atoms with Crippen molar-refractivity contribution in [1.82, 2.24) is 4.90 Å². The third-order valence-electron chi connectivity index (χ3n) is 5.13. The van der Waals surface area contributed by atoms with E-state index in [0.717, 1.165) is 18.8 Å². The molecule has 0 aromatic heterocycles. The van der Waals surface area contributed by atoms with Crippen LogP contribution in [0.2, 0.25) is 0 Å². The number of piperidine rings is 2. The molecule has 3 fully saturated rings. The predicted molar refractivity (Wildman–Crippen MR) is 68.9 cm³/mol. The van der Waals surface area contributed by atoms with Gasteiger partial charge in [-0.15, -0.1) is 0 Å². The van der Waals surface area contributed by atoms with E-state index in [1.165, 1.54) is 57.9 Å². The van der Waals surface area contributed by atoms with Gasteiger partial charge in [-0.1, -0.05) is 25.7 Å². The highest BCUT2D eigenvalue weighted by molar-refractivity contribution is 5.80. The van der Waals surface area contributed by atoms with E-state index in [2.05, 4.69) is 4.90 Å². The van der Waals surface area contributed by atoms with E-state index in [1.54, 1.807) is 0 Å². The van der Waals surface area contributed by atoms with Gasteiger partial charge in [-0.3, -0.25) is 9.69 Å². The fourth-order valence-corrected chi connectivity index (χ4v) is 4.23. The second kappa shape index (κ2) is 5.09. The highest BCUT2D eigenvalue weighted by atomic mass is 16.1. The van der Waals surface area contributed by atoms with Crippen molar-refractivity contribution in [3.63, 3.8) is 0 Å². The maximum absolute atomic E-state index is 11.7. The molecular formula is C15H25NO. The van der Waals surface area contributed by atoms with Crippen LogP contribution in [0.4, 0.5) is 0 Å². The van der Waals surface area contributed by atoms with Gasteiger partial charge < -0.3 is 0 Å². The molecule has 3 rings (SSSR count). The maximum atomic E-state index is 11.7. The molecule has 3 aliphatic rings. The second-order valence-electron chi connectivity index (χ2n) is 6.39. The first-order valence-corrected chi connectivity index (χ1v) is 7.60. The first kappa shape index (κ1) is 11.7. The zero-order valence-electron chi connectivity index (χ0n) is 10.9. The largest absolute Gasteiger partial charge is 0.300 e. The Labute approximate surface area is 105 Å². The average molecular weight is 235 g/mol. The van der Waals surface area contributed by atoms with Gasteiger partial charge in [0.25, 0.3) is 0 Å². The van der Waals surface area contributed by atoms with Crippen LogP contribution >= 0.6 is 0 Å². The van der Waals surface area contributed by atoms with Crippen LogP contribution in [0.25, 0.3) is 0 Å². The lowest BCUT2D eigenvalue weighted by Crippen LogP contribution is -2.53. The van der Waals surface area contributed by atoms with Crippen LogP contribution in [-0.4, -0.2) is 29.3 Å². The number of rotatable bonds is 2. The predicted octanol–water partition coefficient (Wildman–Crippen LogP) is 3.15. The molecule has 1 aliphatic carbocycles. The maximum Gasteiger partial charge on any atom is 0.136 e. The standard InChI is InChI=1S/C15H25NO/c17-15-9-13-7-4-8-14(10-15)16(13)11-12-5-2-1-3-6-12/h12-14H,1-11H2. The summed E-state index contributed by atoms with van der Waals surface area (Å²) in [5.74, 6) is 1.46. The molecule has 2 heterocycles. The Morgan fingerprint density at radius 3 is 2.18 bits per heavy atom. The van der Waals surface area contributed by atoms with Gasteiger partial charge in [0.2, 0.25) is 0 Å². The highest BCUT2D eigenvalue weighted by Gasteiger charge is 2.38. The molecule has 0 N–H and O–H groups in total. The monoisotopic (exact) mass is 235 g/mol. The SMILES string of the molecule is O=C1CC2CCCC(C1)N2CC1CCCCC1. The lowest BCUT2D eigenvalue weighted by molar-refractivity contribution is -0.127. The lowest BCUT2D eigenvalue weighted by atomic mass is 9.81. The summed E-state index contributed by atoms with van der Waals surface area (Å²) >= 11 is 0. The lowest BCUT2D eigenvalue weighted by Gasteiger charge is -2.47. The molecule has 2 unspecified atom stereocenters. The van der Waals surface area contributed by atoms with Crippen molar-refractivity contribution in [2.75, 3.05) is 6.54 Å². The average Bonchev–Trinajstić information content (AvgIpc) is 2.32. The molecule has 2 atom stereocenters. The summed E-state index contributed by atoms with van der Waals surface area (Å²) in [6, 6.07) is 1.22. The molecule has 1 saturated carbocycles. The van der Waals surface area contributed by atoms with Gasteiger partial charge in [0, 0.05) is 31.5 Å². The Kier molecular flexibility index (Phi) is 3.51. The van der Waals surface area contributed by atoms with Crippen molar-refractivity contribution in [3.05, 3.63) is 0 Å². The van der Waals surface area contributed by atoms with Crippen LogP contribution < -0.4 is 0 Å². The Morgan fingerprint density at radius 2 is 1.53 bits per heavy atom. The summed E-state index contributed by atoms with van der Waals surface area (Å²) in [5, 5.41) is 0. The van der Waals surface area contributed by atoms with Gasteiger partial charge in [-0.2, -0.15) is 0 Å². The minimum absolute atomic E-state index is 0.527. The quantitative estimate of drug-likeness (QED) is 0.733. The van der Waals surface area contributed by atoms with Crippen molar-refractivity contribution in [3.8, 4) is 0 Å². The number of carbonyl (C=O) groups is 1.